The van der Waals surface area contributed by atoms with E-state index >= 15 is 0 Å². The Morgan fingerprint density at radius 3 is 2.87 bits per heavy atom. The maximum atomic E-state index is 10.3. The number of anilines is 1. The molecular weight excluding hydrogens is 216 g/mol. The Bertz CT molecular complexity index is 368. The average molecular weight is 229 g/mol. The van der Waals surface area contributed by atoms with Gasteiger partial charge in [-0.1, -0.05) is 0 Å². The van der Waals surface area contributed by atoms with E-state index in [4.69, 9.17) is 0 Å². The van der Waals surface area contributed by atoms with Crippen LogP contribution in [0, 0.1) is 4.91 Å². The van der Waals surface area contributed by atoms with E-state index in [0.717, 1.165) is 24.2 Å². The summed E-state index contributed by atoms with van der Waals surface area (Å²) in [6.45, 7) is 2.54. The van der Waals surface area contributed by atoms with Crippen LogP contribution in [-0.2, 0) is 6.42 Å². The third-order valence-corrected chi connectivity index (χ3v) is 2.55. The minimum atomic E-state index is -0.480. The molecule has 1 aromatic carbocycles. The van der Waals surface area contributed by atoms with Gasteiger partial charge >= 0.3 is 0 Å². The number of aliphatic hydroxyl groups is 1. The van der Waals surface area contributed by atoms with Gasteiger partial charge in [0.15, 0.2) is 0 Å². The molecule has 1 aromatic rings. The van der Waals surface area contributed by atoms with Crippen molar-refractivity contribution in [1.29, 1.82) is 0 Å². The molecule has 0 saturated heterocycles. The van der Waals surface area contributed by atoms with Crippen molar-refractivity contribution in [3.8, 4) is 0 Å². The lowest BCUT2D eigenvalue weighted by Crippen LogP contribution is -2.30. The van der Waals surface area contributed by atoms with Crippen LogP contribution in [0.15, 0.2) is 23.4 Å². The summed E-state index contributed by atoms with van der Waals surface area (Å²) in [5.74, 6) is 0. The van der Waals surface area contributed by atoms with Gasteiger partial charge in [0.05, 0.1) is 0 Å². The maximum Gasteiger partial charge on any atom is 0.124 e. The fraction of sp³-hybridized carbons (Fsp3) is 0.400. The molecule has 0 saturated carbocycles. The highest BCUT2D eigenvalue weighted by Crippen LogP contribution is 2.32. The lowest BCUT2D eigenvalue weighted by molar-refractivity contribution is 0.191. The van der Waals surface area contributed by atoms with Gasteiger partial charge in [-0.25, -0.2) is 0 Å². The quantitative estimate of drug-likeness (QED) is 0.790. The first kappa shape index (κ1) is 11.9. The molecule has 1 N–H and O–H groups in total. The van der Waals surface area contributed by atoms with Gasteiger partial charge in [0.1, 0.15) is 11.9 Å². The number of nitroso groups, excluding NO2 is 1. The standard InChI is InChI=1S/C10H12N2O2.ClH/c1-7(13)12-5-4-8-6-9(11-14)2-3-10(8)12;/h2-3,6-7,13H,4-5H2,1H3;1H. The number of halogens is 1. The van der Waals surface area contributed by atoms with E-state index in [2.05, 4.69) is 5.18 Å². The third kappa shape index (κ3) is 2.11. The number of hydrogen-bond acceptors (Lipinski definition) is 4. The van der Waals surface area contributed by atoms with E-state index in [0.29, 0.717) is 5.69 Å². The van der Waals surface area contributed by atoms with Crippen LogP contribution in [0.25, 0.3) is 0 Å². The Hall–Kier alpha value is -1.13. The molecule has 1 aliphatic rings. The number of hydrogen-bond donors (Lipinski definition) is 1. The summed E-state index contributed by atoms with van der Waals surface area (Å²) < 4.78 is 0. The molecule has 0 aliphatic carbocycles. The van der Waals surface area contributed by atoms with E-state index in [9.17, 15) is 10.0 Å². The van der Waals surface area contributed by atoms with Crippen LogP contribution in [0.3, 0.4) is 0 Å². The summed E-state index contributed by atoms with van der Waals surface area (Å²) in [6.07, 6.45) is 0.384. The number of nitrogens with zero attached hydrogens (tertiary/aromatic N) is 2. The van der Waals surface area contributed by atoms with Crippen molar-refractivity contribution in [3.63, 3.8) is 0 Å². The van der Waals surface area contributed by atoms with Gasteiger partial charge < -0.3 is 10.0 Å². The van der Waals surface area contributed by atoms with Crippen LogP contribution in [0.4, 0.5) is 11.4 Å². The lowest BCUT2D eigenvalue weighted by Gasteiger charge is -2.22. The first-order chi connectivity index (χ1) is 6.72. The smallest absolute Gasteiger partial charge is 0.124 e. The molecule has 0 amide bonds. The second-order valence-electron chi connectivity index (χ2n) is 3.48. The van der Waals surface area contributed by atoms with Gasteiger partial charge in [-0.05, 0) is 42.3 Å². The van der Waals surface area contributed by atoms with Gasteiger partial charge in [0, 0.05) is 12.2 Å². The summed E-state index contributed by atoms with van der Waals surface area (Å²) in [5, 5.41) is 12.4. The second kappa shape index (κ2) is 4.59. The van der Waals surface area contributed by atoms with Crippen LogP contribution >= 0.6 is 12.4 Å². The topological polar surface area (TPSA) is 52.9 Å². The molecule has 0 radical (unpaired) electrons. The zero-order valence-corrected chi connectivity index (χ0v) is 9.20. The minimum absolute atomic E-state index is 0. The lowest BCUT2D eigenvalue weighted by atomic mass is 10.1. The van der Waals surface area contributed by atoms with E-state index in [1.54, 1.807) is 19.1 Å². The number of rotatable bonds is 2. The van der Waals surface area contributed by atoms with Crippen molar-refractivity contribution in [2.45, 2.75) is 19.6 Å². The number of fused-ring (bicyclic) bond motifs is 1. The molecule has 15 heavy (non-hydrogen) atoms. The Balaban J connectivity index is 0.00000112. The molecule has 0 spiro atoms. The molecule has 2 rings (SSSR count). The molecule has 0 bridgehead atoms. The van der Waals surface area contributed by atoms with Crippen molar-refractivity contribution in [3.05, 3.63) is 28.7 Å². The average Bonchev–Trinajstić information content (AvgIpc) is 2.59. The predicted octanol–water partition coefficient (Wildman–Crippen LogP) is 2.21. The first-order valence-electron chi connectivity index (χ1n) is 4.63. The molecule has 82 valence electrons. The Morgan fingerprint density at radius 1 is 1.53 bits per heavy atom. The highest BCUT2D eigenvalue weighted by atomic mass is 35.5. The van der Waals surface area contributed by atoms with Crippen LogP contribution in [0.5, 0.6) is 0 Å². The van der Waals surface area contributed by atoms with Crippen molar-refractivity contribution in [2.75, 3.05) is 11.4 Å². The second-order valence-corrected chi connectivity index (χ2v) is 3.48. The molecule has 1 aliphatic heterocycles. The van der Waals surface area contributed by atoms with Crippen molar-refractivity contribution < 1.29 is 5.11 Å². The van der Waals surface area contributed by atoms with Crippen molar-refractivity contribution in [2.24, 2.45) is 5.18 Å². The van der Waals surface area contributed by atoms with E-state index in [1.807, 2.05) is 11.0 Å². The molecule has 0 fully saturated rings. The fourth-order valence-corrected chi connectivity index (χ4v) is 1.86. The summed E-state index contributed by atoms with van der Waals surface area (Å²) in [5.41, 5.74) is 2.55. The van der Waals surface area contributed by atoms with Gasteiger partial charge in [-0.3, -0.25) is 0 Å². The SMILES string of the molecule is CC(O)N1CCc2cc(N=O)ccc21.Cl. The summed E-state index contributed by atoms with van der Waals surface area (Å²) >= 11 is 0. The summed E-state index contributed by atoms with van der Waals surface area (Å²) in [7, 11) is 0. The van der Waals surface area contributed by atoms with Crippen LogP contribution in [-0.4, -0.2) is 17.9 Å². The molecule has 1 heterocycles. The fourth-order valence-electron chi connectivity index (χ4n) is 1.86. The molecular formula is C10H13ClN2O2. The summed E-state index contributed by atoms with van der Waals surface area (Å²) in [6, 6.07) is 5.29. The highest BCUT2D eigenvalue weighted by Gasteiger charge is 2.22. The Morgan fingerprint density at radius 2 is 2.27 bits per heavy atom. The van der Waals surface area contributed by atoms with Crippen molar-refractivity contribution in [1.82, 2.24) is 0 Å². The van der Waals surface area contributed by atoms with Gasteiger partial charge in [0.25, 0.3) is 0 Å². The number of aliphatic hydroxyl groups excluding tert-OH is 1. The third-order valence-electron chi connectivity index (χ3n) is 2.55. The Labute approximate surface area is 94.3 Å². The zero-order chi connectivity index (χ0) is 10.1. The van der Waals surface area contributed by atoms with Crippen molar-refractivity contribution >= 4 is 23.8 Å². The monoisotopic (exact) mass is 228 g/mol. The molecule has 0 aromatic heterocycles. The van der Waals surface area contributed by atoms with Gasteiger partial charge in [-0.15, -0.1) is 17.3 Å². The molecule has 1 unspecified atom stereocenters. The molecule has 4 nitrogen and oxygen atoms in total. The van der Waals surface area contributed by atoms with Crippen LogP contribution in [0.1, 0.15) is 12.5 Å². The zero-order valence-electron chi connectivity index (χ0n) is 8.38. The minimum Gasteiger partial charge on any atom is -0.374 e. The van der Waals surface area contributed by atoms with Crippen LogP contribution in [0.2, 0.25) is 0 Å². The summed E-state index contributed by atoms with van der Waals surface area (Å²) in [4.78, 5) is 12.2. The van der Waals surface area contributed by atoms with Gasteiger partial charge in [0.2, 0.25) is 0 Å². The van der Waals surface area contributed by atoms with E-state index < -0.39 is 6.23 Å². The van der Waals surface area contributed by atoms with E-state index in [1.165, 1.54) is 0 Å². The highest BCUT2D eigenvalue weighted by molar-refractivity contribution is 5.85. The maximum absolute atomic E-state index is 10.3. The van der Waals surface area contributed by atoms with E-state index in [-0.39, 0.29) is 12.4 Å². The first-order valence-corrected chi connectivity index (χ1v) is 4.63. The predicted molar refractivity (Wildman–Crippen MR) is 61.9 cm³/mol. The number of benzene rings is 1. The van der Waals surface area contributed by atoms with Crippen LogP contribution < -0.4 is 4.90 Å². The molecule has 5 heteroatoms. The van der Waals surface area contributed by atoms with Gasteiger partial charge in [-0.2, -0.15) is 0 Å². The Kier molecular flexibility index (Phi) is 3.66. The largest absolute Gasteiger partial charge is 0.374 e. The molecule has 1 atom stereocenters. The normalized spacial score (nSPS) is 15.5.